The molecule has 7 heteroatoms. The van der Waals surface area contributed by atoms with Gasteiger partial charge in [0.15, 0.2) is 9.84 Å². The summed E-state index contributed by atoms with van der Waals surface area (Å²) >= 11 is 0. The van der Waals surface area contributed by atoms with Gasteiger partial charge in [0, 0.05) is 19.2 Å². The van der Waals surface area contributed by atoms with Crippen LogP contribution in [0.25, 0.3) is 0 Å². The molecule has 0 spiro atoms. The average Bonchev–Trinajstić information content (AvgIpc) is 2.38. The number of nitrogens with zero attached hydrogens (tertiary/aromatic N) is 2. The van der Waals surface area contributed by atoms with Crippen molar-refractivity contribution < 1.29 is 8.42 Å². The Morgan fingerprint density at radius 1 is 1.35 bits per heavy atom. The van der Waals surface area contributed by atoms with Gasteiger partial charge in [-0.05, 0) is 13.3 Å². The number of nitrogens with one attached hydrogen (secondary N) is 1. The first-order valence-electron chi connectivity index (χ1n) is 5.50. The molecule has 0 aromatic carbocycles. The second-order valence-corrected chi connectivity index (χ2v) is 6.49. The smallest absolute Gasteiger partial charge is 0.252 e. The Kier molecular flexibility index (Phi) is 3.19. The molecular weight excluding hydrogens is 242 g/mol. The maximum atomic E-state index is 11.5. The highest BCUT2D eigenvalue weighted by Gasteiger charge is 2.20. The van der Waals surface area contributed by atoms with E-state index in [0.29, 0.717) is 31.2 Å². The van der Waals surface area contributed by atoms with E-state index in [1.165, 1.54) is 6.07 Å². The Morgan fingerprint density at radius 3 is 2.82 bits per heavy atom. The zero-order valence-corrected chi connectivity index (χ0v) is 10.5. The quantitative estimate of drug-likeness (QED) is 0.747. The molecule has 17 heavy (non-hydrogen) atoms. The molecule has 0 saturated carbocycles. The third kappa shape index (κ3) is 3.06. The first kappa shape index (κ1) is 12.1. The summed E-state index contributed by atoms with van der Waals surface area (Å²) in [6, 6.07) is 1.41. The highest BCUT2D eigenvalue weighted by molar-refractivity contribution is 7.91. The van der Waals surface area contributed by atoms with Crippen molar-refractivity contribution in [1.29, 1.82) is 0 Å². The Balaban J connectivity index is 2.25. The van der Waals surface area contributed by atoms with E-state index in [2.05, 4.69) is 9.97 Å². The van der Waals surface area contributed by atoms with Crippen LogP contribution in [0.2, 0.25) is 0 Å². The highest BCUT2D eigenvalue weighted by atomic mass is 32.2. The zero-order valence-electron chi connectivity index (χ0n) is 9.64. The number of rotatable bonds is 1. The van der Waals surface area contributed by atoms with Crippen LogP contribution in [0, 0.1) is 6.92 Å². The number of hydrogen-bond donors (Lipinski definition) is 1. The van der Waals surface area contributed by atoms with E-state index >= 15 is 0 Å². The molecule has 0 unspecified atom stereocenters. The lowest BCUT2D eigenvalue weighted by Gasteiger charge is -2.20. The molecule has 1 N–H and O–H groups in total. The molecular formula is C10H15N3O3S. The fourth-order valence-corrected chi connectivity index (χ4v) is 3.16. The number of aryl methyl sites for hydroxylation is 1. The predicted octanol–water partition coefficient (Wildman–Crippen LogP) is -0.297. The van der Waals surface area contributed by atoms with E-state index in [1.54, 1.807) is 6.92 Å². The van der Waals surface area contributed by atoms with Gasteiger partial charge in [-0.25, -0.2) is 13.4 Å². The minimum atomic E-state index is -2.94. The van der Waals surface area contributed by atoms with Crippen LogP contribution in [-0.4, -0.2) is 43.0 Å². The van der Waals surface area contributed by atoms with Crippen molar-refractivity contribution in [1.82, 2.24) is 9.97 Å². The number of hydrogen-bond acceptors (Lipinski definition) is 5. The van der Waals surface area contributed by atoms with Gasteiger partial charge in [0.25, 0.3) is 5.56 Å². The van der Waals surface area contributed by atoms with E-state index < -0.39 is 9.84 Å². The van der Waals surface area contributed by atoms with Crippen molar-refractivity contribution in [2.45, 2.75) is 13.3 Å². The Hall–Kier alpha value is -1.37. The molecule has 1 aliphatic rings. The fourth-order valence-electron chi connectivity index (χ4n) is 1.89. The van der Waals surface area contributed by atoms with Gasteiger partial charge in [0.1, 0.15) is 11.6 Å². The summed E-state index contributed by atoms with van der Waals surface area (Å²) in [6.07, 6.45) is 0.579. The number of H-pyrrole nitrogens is 1. The molecule has 1 aliphatic heterocycles. The lowest BCUT2D eigenvalue weighted by Crippen LogP contribution is -2.29. The van der Waals surface area contributed by atoms with Crippen LogP contribution in [0.5, 0.6) is 0 Å². The molecule has 94 valence electrons. The van der Waals surface area contributed by atoms with Gasteiger partial charge in [-0.1, -0.05) is 0 Å². The van der Waals surface area contributed by atoms with Crippen molar-refractivity contribution in [3.63, 3.8) is 0 Å². The van der Waals surface area contributed by atoms with Crippen LogP contribution in [0.15, 0.2) is 10.9 Å². The Morgan fingerprint density at radius 2 is 2.12 bits per heavy atom. The topological polar surface area (TPSA) is 83.1 Å². The summed E-state index contributed by atoms with van der Waals surface area (Å²) in [7, 11) is -2.94. The molecule has 0 amide bonds. The molecule has 1 fully saturated rings. The van der Waals surface area contributed by atoms with Crippen molar-refractivity contribution in [3.05, 3.63) is 22.2 Å². The van der Waals surface area contributed by atoms with Crippen LogP contribution in [-0.2, 0) is 9.84 Å². The summed E-state index contributed by atoms with van der Waals surface area (Å²) in [6.45, 7) is 2.73. The first-order chi connectivity index (χ1) is 7.96. The summed E-state index contributed by atoms with van der Waals surface area (Å²) in [5.74, 6) is 1.44. The molecule has 1 aromatic heterocycles. The van der Waals surface area contributed by atoms with Crippen LogP contribution in [0.4, 0.5) is 5.82 Å². The van der Waals surface area contributed by atoms with Crippen LogP contribution in [0.1, 0.15) is 12.2 Å². The van der Waals surface area contributed by atoms with Crippen molar-refractivity contribution in [2.24, 2.45) is 0 Å². The van der Waals surface area contributed by atoms with Gasteiger partial charge in [0.2, 0.25) is 0 Å². The van der Waals surface area contributed by atoms with E-state index in [9.17, 15) is 13.2 Å². The summed E-state index contributed by atoms with van der Waals surface area (Å²) in [5, 5.41) is 0. The monoisotopic (exact) mass is 257 g/mol. The first-order valence-corrected chi connectivity index (χ1v) is 7.32. The van der Waals surface area contributed by atoms with E-state index in [1.807, 2.05) is 4.90 Å². The standard InChI is InChI=1S/C10H15N3O3S/c1-8-11-9(7-10(14)12-8)13-3-2-5-17(15,16)6-4-13/h7H,2-6H2,1H3,(H,11,12,14). The molecule has 6 nitrogen and oxygen atoms in total. The van der Waals surface area contributed by atoms with Gasteiger partial charge in [-0.2, -0.15) is 0 Å². The van der Waals surface area contributed by atoms with Gasteiger partial charge >= 0.3 is 0 Å². The number of aromatic nitrogens is 2. The predicted molar refractivity (Wildman–Crippen MR) is 65.1 cm³/mol. The SMILES string of the molecule is Cc1nc(N2CCCS(=O)(=O)CC2)cc(=O)[nH]1. The van der Waals surface area contributed by atoms with Crippen LogP contribution in [0.3, 0.4) is 0 Å². The Bertz CT molecular complexity index is 564. The second kappa shape index (κ2) is 4.48. The molecule has 0 radical (unpaired) electrons. The van der Waals surface area contributed by atoms with E-state index in [4.69, 9.17) is 0 Å². The van der Waals surface area contributed by atoms with Gasteiger partial charge in [0.05, 0.1) is 11.5 Å². The average molecular weight is 257 g/mol. The summed E-state index contributed by atoms with van der Waals surface area (Å²) < 4.78 is 22.9. The molecule has 2 heterocycles. The lowest BCUT2D eigenvalue weighted by atomic mass is 10.4. The molecule has 1 saturated heterocycles. The molecule has 0 atom stereocenters. The minimum absolute atomic E-state index is 0.126. The summed E-state index contributed by atoms with van der Waals surface area (Å²) in [4.78, 5) is 20.0. The zero-order chi connectivity index (χ0) is 12.5. The van der Waals surface area contributed by atoms with Gasteiger partial charge in [-0.15, -0.1) is 0 Å². The van der Waals surface area contributed by atoms with E-state index in [-0.39, 0.29) is 17.1 Å². The third-order valence-corrected chi connectivity index (χ3v) is 4.44. The normalized spacial score (nSPS) is 19.9. The number of aromatic amines is 1. The molecule has 0 aliphatic carbocycles. The maximum absolute atomic E-state index is 11.5. The largest absolute Gasteiger partial charge is 0.355 e. The van der Waals surface area contributed by atoms with Gasteiger partial charge in [-0.3, -0.25) is 4.79 Å². The minimum Gasteiger partial charge on any atom is -0.355 e. The Labute approximate surface area is 99.6 Å². The lowest BCUT2D eigenvalue weighted by molar-refractivity contribution is 0.597. The van der Waals surface area contributed by atoms with Gasteiger partial charge < -0.3 is 9.88 Å². The number of sulfone groups is 1. The summed E-state index contributed by atoms with van der Waals surface area (Å²) in [5.41, 5.74) is -0.209. The van der Waals surface area contributed by atoms with Crippen molar-refractivity contribution in [3.8, 4) is 0 Å². The number of anilines is 1. The molecule has 0 bridgehead atoms. The molecule has 2 rings (SSSR count). The van der Waals surface area contributed by atoms with E-state index in [0.717, 1.165) is 0 Å². The van der Waals surface area contributed by atoms with Crippen LogP contribution >= 0.6 is 0 Å². The van der Waals surface area contributed by atoms with Crippen LogP contribution < -0.4 is 10.5 Å². The maximum Gasteiger partial charge on any atom is 0.252 e. The highest BCUT2D eigenvalue weighted by Crippen LogP contribution is 2.12. The van der Waals surface area contributed by atoms with Crippen molar-refractivity contribution in [2.75, 3.05) is 29.5 Å². The van der Waals surface area contributed by atoms with Crippen molar-refractivity contribution >= 4 is 15.7 Å². The second-order valence-electron chi connectivity index (χ2n) is 4.18. The third-order valence-electron chi connectivity index (χ3n) is 2.73. The molecule has 1 aromatic rings. The fraction of sp³-hybridized carbons (Fsp3) is 0.600.